The molecule has 0 aliphatic carbocycles. The van der Waals surface area contributed by atoms with Crippen molar-refractivity contribution in [2.24, 2.45) is 0 Å². The Hall–Kier alpha value is -3.57. The average molecular weight is 419 g/mol. The van der Waals surface area contributed by atoms with Crippen LogP contribution in [0.15, 0.2) is 78.5 Å². The molecule has 0 saturated heterocycles. The van der Waals surface area contributed by atoms with Crippen molar-refractivity contribution in [2.75, 3.05) is 17.3 Å². The van der Waals surface area contributed by atoms with Gasteiger partial charge in [-0.25, -0.2) is 4.90 Å². The number of amides is 2. The van der Waals surface area contributed by atoms with Gasteiger partial charge in [-0.15, -0.1) is 0 Å². The van der Waals surface area contributed by atoms with Crippen LogP contribution < -0.4 is 15.0 Å². The predicted molar refractivity (Wildman–Crippen MR) is 119 cm³/mol. The van der Waals surface area contributed by atoms with E-state index in [2.05, 4.69) is 5.32 Å². The largest absolute Gasteiger partial charge is 0.496 e. The minimum Gasteiger partial charge on any atom is -0.496 e. The highest BCUT2D eigenvalue weighted by Crippen LogP contribution is 2.39. The third-order valence-corrected chi connectivity index (χ3v) is 5.16. The number of carbonyl (C=O) groups excluding carboxylic acids is 2. The van der Waals surface area contributed by atoms with Gasteiger partial charge in [0.15, 0.2) is 0 Å². The minimum atomic E-state index is -0.476. The third-order valence-electron chi connectivity index (χ3n) is 4.84. The maximum atomic E-state index is 13.5. The molecule has 4 rings (SSSR count). The van der Waals surface area contributed by atoms with Crippen LogP contribution in [0.25, 0.3) is 5.57 Å². The molecule has 0 aromatic heterocycles. The lowest BCUT2D eigenvalue weighted by molar-refractivity contribution is -0.120. The topological polar surface area (TPSA) is 58.6 Å². The summed E-state index contributed by atoms with van der Waals surface area (Å²) in [6, 6.07) is 21.5. The van der Waals surface area contributed by atoms with Gasteiger partial charge in [0.05, 0.1) is 23.4 Å². The fourth-order valence-electron chi connectivity index (χ4n) is 3.47. The summed E-state index contributed by atoms with van der Waals surface area (Å²) in [4.78, 5) is 28.0. The molecular weight excluding hydrogens is 400 g/mol. The van der Waals surface area contributed by atoms with Crippen LogP contribution in [-0.4, -0.2) is 18.9 Å². The Morgan fingerprint density at radius 1 is 0.900 bits per heavy atom. The standard InChI is InChI=1S/C24H19ClN2O3/c1-15-8-7-9-16(14-15)26-22-21(17-10-3-6-13-20(17)30-2)23(28)27(24(22)29)19-12-5-4-11-18(19)25/h3-14,26H,1-2H3. The summed E-state index contributed by atoms with van der Waals surface area (Å²) in [7, 11) is 1.53. The molecule has 2 amide bonds. The van der Waals surface area contributed by atoms with E-state index in [4.69, 9.17) is 16.3 Å². The maximum Gasteiger partial charge on any atom is 0.282 e. The number of halogens is 1. The van der Waals surface area contributed by atoms with Crippen LogP contribution in [0, 0.1) is 6.92 Å². The number of para-hydroxylation sites is 2. The van der Waals surface area contributed by atoms with E-state index < -0.39 is 11.8 Å². The van der Waals surface area contributed by atoms with Gasteiger partial charge in [0.25, 0.3) is 11.8 Å². The molecule has 0 bridgehead atoms. The zero-order valence-corrected chi connectivity index (χ0v) is 17.2. The van der Waals surface area contributed by atoms with Crippen molar-refractivity contribution in [1.82, 2.24) is 0 Å². The molecule has 30 heavy (non-hydrogen) atoms. The van der Waals surface area contributed by atoms with Gasteiger partial charge < -0.3 is 10.1 Å². The Kier molecular flexibility index (Phi) is 5.29. The first-order valence-corrected chi connectivity index (χ1v) is 9.73. The summed E-state index contributed by atoms with van der Waals surface area (Å²) in [5.41, 5.74) is 3.01. The molecule has 1 aliphatic rings. The van der Waals surface area contributed by atoms with E-state index in [9.17, 15) is 9.59 Å². The van der Waals surface area contributed by atoms with Gasteiger partial charge in [0.1, 0.15) is 11.4 Å². The van der Waals surface area contributed by atoms with E-state index in [0.717, 1.165) is 10.5 Å². The number of methoxy groups -OCH3 is 1. The molecule has 1 heterocycles. The summed E-state index contributed by atoms with van der Waals surface area (Å²) in [6.07, 6.45) is 0. The Labute approximate surface area is 179 Å². The zero-order valence-electron chi connectivity index (χ0n) is 16.5. The van der Waals surface area contributed by atoms with E-state index in [1.807, 2.05) is 37.3 Å². The molecule has 0 unspecified atom stereocenters. The smallest absolute Gasteiger partial charge is 0.282 e. The molecule has 0 fully saturated rings. The monoisotopic (exact) mass is 418 g/mol. The van der Waals surface area contributed by atoms with Gasteiger partial charge in [0, 0.05) is 11.3 Å². The third kappa shape index (κ3) is 3.44. The number of rotatable bonds is 5. The van der Waals surface area contributed by atoms with Gasteiger partial charge in [-0.05, 0) is 42.8 Å². The van der Waals surface area contributed by atoms with Crippen molar-refractivity contribution in [3.63, 3.8) is 0 Å². The number of benzene rings is 3. The van der Waals surface area contributed by atoms with Gasteiger partial charge in [-0.2, -0.15) is 0 Å². The lowest BCUT2D eigenvalue weighted by Crippen LogP contribution is -2.32. The van der Waals surface area contributed by atoms with Gasteiger partial charge in [-0.1, -0.05) is 54.1 Å². The van der Waals surface area contributed by atoms with Crippen molar-refractivity contribution in [2.45, 2.75) is 6.92 Å². The van der Waals surface area contributed by atoms with Crippen LogP contribution in [0.3, 0.4) is 0 Å². The molecule has 5 nitrogen and oxygen atoms in total. The number of nitrogens with one attached hydrogen (secondary N) is 1. The minimum absolute atomic E-state index is 0.176. The number of hydrogen-bond donors (Lipinski definition) is 1. The van der Waals surface area contributed by atoms with E-state index >= 15 is 0 Å². The first kappa shape index (κ1) is 19.7. The van der Waals surface area contributed by atoms with Crippen LogP contribution in [0.2, 0.25) is 5.02 Å². The predicted octanol–water partition coefficient (Wildman–Crippen LogP) is 5.05. The Balaban J connectivity index is 1.89. The molecule has 0 radical (unpaired) electrons. The molecule has 6 heteroatoms. The number of ether oxygens (including phenoxy) is 1. The molecule has 150 valence electrons. The van der Waals surface area contributed by atoms with Crippen LogP contribution in [-0.2, 0) is 9.59 Å². The van der Waals surface area contributed by atoms with Crippen molar-refractivity contribution < 1.29 is 14.3 Å². The Bertz CT molecular complexity index is 1190. The summed E-state index contributed by atoms with van der Waals surface area (Å²) < 4.78 is 5.45. The number of hydrogen-bond acceptors (Lipinski definition) is 4. The van der Waals surface area contributed by atoms with Crippen molar-refractivity contribution in [3.05, 3.63) is 94.6 Å². The number of anilines is 2. The molecule has 1 aliphatic heterocycles. The van der Waals surface area contributed by atoms with Gasteiger partial charge in [-0.3, -0.25) is 9.59 Å². The number of carbonyl (C=O) groups is 2. The molecule has 0 saturated carbocycles. The second-order valence-electron chi connectivity index (χ2n) is 6.84. The zero-order chi connectivity index (χ0) is 21.3. The van der Waals surface area contributed by atoms with Crippen LogP contribution >= 0.6 is 11.6 Å². The molecule has 0 spiro atoms. The van der Waals surface area contributed by atoms with Crippen molar-refractivity contribution in [3.8, 4) is 5.75 Å². The molecule has 0 atom stereocenters. The second-order valence-corrected chi connectivity index (χ2v) is 7.25. The fraction of sp³-hybridized carbons (Fsp3) is 0.0833. The highest BCUT2D eigenvalue weighted by Gasteiger charge is 2.41. The van der Waals surface area contributed by atoms with Crippen LogP contribution in [0.4, 0.5) is 11.4 Å². The van der Waals surface area contributed by atoms with E-state index in [1.165, 1.54) is 7.11 Å². The highest BCUT2D eigenvalue weighted by molar-refractivity contribution is 6.48. The molecule has 1 N–H and O–H groups in total. The average Bonchev–Trinajstić information content (AvgIpc) is 2.98. The Morgan fingerprint density at radius 2 is 1.63 bits per heavy atom. The first-order chi connectivity index (χ1) is 14.5. The molecule has 3 aromatic rings. The summed E-state index contributed by atoms with van der Waals surface area (Å²) >= 11 is 6.31. The Morgan fingerprint density at radius 3 is 2.37 bits per heavy atom. The number of nitrogens with zero attached hydrogens (tertiary/aromatic N) is 1. The second kappa shape index (κ2) is 8.05. The highest BCUT2D eigenvalue weighted by atomic mass is 35.5. The van der Waals surface area contributed by atoms with Crippen molar-refractivity contribution >= 4 is 40.4 Å². The fourth-order valence-corrected chi connectivity index (χ4v) is 3.69. The quantitative estimate of drug-likeness (QED) is 0.589. The first-order valence-electron chi connectivity index (χ1n) is 9.36. The van der Waals surface area contributed by atoms with Gasteiger partial charge in [0.2, 0.25) is 0 Å². The lowest BCUT2D eigenvalue weighted by Gasteiger charge is -2.17. The normalized spacial score (nSPS) is 13.8. The summed E-state index contributed by atoms with van der Waals surface area (Å²) in [5, 5.41) is 3.47. The van der Waals surface area contributed by atoms with Gasteiger partial charge >= 0.3 is 0 Å². The summed E-state index contributed by atoms with van der Waals surface area (Å²) in [5.74, 6) is -0.443. The molecular formula is C24H19ClN2O3. The summed E-state index contributed by atoms with van der Waals surface area (Å²) in [6.45, 7) is 1.96. The van der Waals surface area contributed by atoms with E-state index in [0.29, 0.717) is 27.7 Å². The van der Waals surface area contributed by atoms with Crippen LogP contribution in [0.1, 0.15) is 11.1 Å². The SMILES string of the molecule is COc1ccccc1C1=C(Nc2cccc(C)c2)C(=O)N(c2ccccc2Cl)C1=O. The van der Waals surface area contributed by atoms with E-state index in [-0.39, 0.29) is 11.3 Å². The maximum absolute atomic E-state index is 13.5. The van der Waals surface area contributed by atoms with E-state index in [1.54, 1.807) is 42.5 Å². The van der Waals surface area contributed by atoms with Crippen LogP contribution in [0.5, 0.6) is 5.75 Å². The number of aryl methyl sites for hydroxylation is 1. The molecule has 3 aromatic carbocycles. The van der Waals surface area contributed by atoms with Crippen molar-refractivity contribution in [1.29, 1.82) is 0 Å². The lowest BCUT2D eigenvalue weighted by atomic mass is 10.0. The number of imide groups is 1.